The van der Waals surface area contributed by atoms with E-state index in [1.807, 2.05) is 54.9 Å². The first-order valence-electron chi connectivity index (χ1n) is 9.60. The molecule has 146 valence electrons. The molecule has 0 aliphatic carbocycles. The van der Waals surface area contributed by atoms with E-state index in [2.05, 4.69) is 20.6 Å². The molecule has 0 fully saturated rings. The number of halogens is 1. The number of pyridine rings is 1. The van der Waals surface area contributed by atoms with Crippen LogP contribution in [-0.2, 0) is 4.79 Å². The lowest BCUT2D eigenvalue weighted by molar-refractivity contribution is -0.121. The molecule has 0 radical (unpaired) electrons. The number of rotatable bonds is 9. The summed E-state index contributed by atoms with van der Waals surface area (Å²) in [4.78, 5) is 21.0. The summed E-state index contributed by atoms with van der Waals surface area (Å²) >= 11 is 6.02. The van der Waals surface area contributed by atoms with E-state index in [0.717, 1.165) is 42.8 Å². The van der Waals surface area contributed by atoms with Gasteiger partial charge in [0.15, 0.2) is 0 Å². The summed E-state index contributed by atoms with van der Waals surface area (Å²) in [5, 5.41) is 6.88. The summed E-state index contributed by atoms with van der Waals surface area (Å²) < 4.78 is 0. The topological polar surface area (TPSA) is 66.4 Å². The first kappa shape index (κ1) is 20.1. The van der Waals surface area contributed by atoms with Gasteiger partial charge in [0.1, 0.15) is 0 Å². The quantitative estimate of drug-likeness (QED) is 0.671. The molecule has 0 spiro atoms. The van der Waals surface area contributed by atoms with E-state index in [1.165, 1.54) is 0 Å². The number of benzene rings is 1. The molecule has 0 saturated carbocycles. The molecule has 0 saturated heterocycles. The van der Waals surface area contributed by atoms with Crippen LogP contribution < -0.4 is 10.6 Å². The minimum Gasteiger partial charge on any atom is -0.384 e. The Morgan fingerprint density at radius 2 is 2.07 bits per heavy atom. The Labute approximate surface area is 170 Å². The smallest absolute Gasteiger partial charge is 0.220 e. The van der Waals surface area contributed by atoms with Gasteiger partial charge in [-0.05, 0) is 49.1 Å². The molecule has 0 bridgehead atoms. The number of aliphatic imine (C=N–C) groups is 1. The van der Waals surface area contributed by atoms with Crippen molar-refractivity contribution < 1.29 is 4.79 Å². The molecule has 1 unspecified atom stereocenters. The maximum absolute atomic E-state index is 12.2. The highest BCUT2D eigenvalue weighted by atomic mass is 35.5. The van der Waals surface area contributed by atoms with Gasteiger partial charge in [0.2, 0.25) is 5.91 Å². The van der Waals surface area contributed by atoms with Crippen molar-refractivity contribution in [3.8, 4) is 0 Å². The third kappa shape index (κ3) is 6.20. The maximum atomic E-state index is 12.2. The van der Waals surface area contributed by atoms with Crippen molar-refractivity contribution in [1.82, 2.24) is 15.6 Å². The second-order valence-corrected chi connectivity index (χ2v) is 7.14. The number of hydrogen-bond donors (Lipinski definition) is 2. The van der Waals surface area contributed by atoms with Crippen molar-refractivity contribution in [3.63, 3.8) is 0 Å². The summed E-state index contributed by atoms with van der Waals surface area (Å²) in [5.74, 6) is 0.191. The number of amides is 1. The Kier molecular flexibility index (Phi) is 7.62. The zero-order chi connectivity index (χ0) is 19.6. The average molecular weight is 397 g/mol. The van der Waals surface area contributed by atoms with Crippen molar-refractivity contribution in [3.05, 3.63) is 76.8 Å². The van der Waals surface area contributed by atoms with Crippen LogP contribution in [0.2, 0.25) is 5.02 Å². The number of nitrogens with one attached hydrogen (secondary N) is 2. The van der Waals surface area contributed by atoms with Crippen LogP contribution >= 0.6 is 11.6 Å². The van der Waals surface area contributed by atoms with Gasteiger partial charge in [-0.1, -0.05) is 29.8 Å². The van der Waals surface area contributed by atoms with Crippen molar-refractivity contribution in [1.29, 1.82) is 0 Å². The second kappa shape index (κ2) is 10.6. The molecule has 1 aliphatic rings. The monoisotopic (exact) mass is 396 g/mol. The van der Waals surface area contributed by atoms with Crippen molar-refractivity contribution >= 4 is 23.7 Å². The van der Waals surface area contributed by atoms with E-state index in [0.29, 0.717) is 18.0 Å². The van der Waals surface area contributed by atoms with E-state index in [4.69, 9.17) is 11.6 Å². The van der Waals surface area contributed by atoms with Gasteiger partial charge in [-0.2, -0.15) is 0 Å². The molecular formula is C22H25ClN4O. The molecule has 2 heterocycles. The van der Waals surface area contributed by atoms with Gasteiger partial charge in [0.05, 0.1) is 5.70 Å². The van der Waals surface area contributed by atoms with Gasteiger partial charge >= 0.3 is 0 Å². The maximum Gasteiger partial charge on any atom is 0.220 e. The summed E-state index contributed by atoms with van der Waals surface area (Å²) in [6, 6.07) is 13.7. The normalized spacial score (nSPS) is 14.1. The average Bonchev–Trinajstić information content (AvgIpc) is 2.73. The van der Waals surface area contributed by atoms with Crippen LogP contribution in [0.15, 0.2) is 65.6 Å². The molecule has 2 N–H and O–H groups in total. The zero-order valence-electron chi connectivity index (χ0n) is 15.8. The fourth-order valence-electron chi connectivity index (χ4n) is 3.20. The molecule has 2 aromatic rings. The molecule has 3 rings (SSSR count). The number of carbonyl (C=O) groups excluding carboxylic acids is 1. The first-order chi connectivity index (χ1) is 13.7. The minimum absolute atomic E-state index is 0.0734. The first-order valence-corrected chi connectivity index (χ1v) is 9.98. The number of carbonyl (C=O) groups is 1. The fraction of sp³-hybridized carbons (Fsp3) is 0.318. The lowest BCUT2D eigenvalue weighted by Gasteiger charge is -2.17. The lowest BCUT2D eigenvalue weighted by Crippen LogP contribution is -2.25. The third-order valence-electron chi connectivity index (χ3n) is 4.64. The predicted octanol–water partition coefficient (Wildman–Crippen LogP) is 4.06. The second-order valence-electron chi connectivity index (χ2n) is 6.71. The third-order valence-corrected chi connectivity index (χ3v) is 4.90. The van der Waals surface area contributed by atoms with E-state index < -0.39 is 0 Å². The predicted molar refractivity (Wildman–Crippen MR) is 114 cm³/mol. The van der Waals surface area contributed by atoms with Crippen molar-refractivity contribution in [2.45, 2.75) is 31.6 Å². The van der Waals surface area contributed by atoms with E-state index in [-0.39, 0.29) is 11.8 Å². The lowest BCUT2D eigenvalue weighted by atomic mass is 9.92. The van der Waals surface area contributed by atoms with E-state index in [9.17, 15) is 4.79 Å². The molecule has 6 heteroatoms. The Balaban J connectivity index is 1.49. The highest BCUT2D eigenvalue weighted by Crippen LogP contribution is 2.27. The minimum atomic E-state index is 0.0734. The van der Waals surface area contributed by atoms with Crippen molar-refractivity contribution in [2.75, 3.05) is 13.1 Å². The molecular weight excluding hydrogens is 372 g/mol. The van der Waals surface area contributed by atoms with Crippen LogP contribution in [0.5, 0.6) is 0 Å². The van der Waals surface area contributed by atoms with Crippen LogP contribution in [0.1, 0.15) is 42.9 Å². The van der Waals surface area contributed by atoms with Crippen LogP contribution in [-0.4, -0.2) is 30.2 Å². The standard InChI is InChI=1S/C22H25ClN4O/c23-18-9-7-17(8-10-18)20(21-5-1-2-12-26-21)11-13-27-22(28)6-3-4-19-16-24-14-15-25-19/h1-2,5,7-10,12,15-16,20,24H,3-4,6,11,13-14H2,(H,27,28). The summed E-state index contributed by atoms with van der Waals surface area (Å²) in [7, 11) is 0. The van der Waals surface area contributed by atoms with Crippen LogP contribution in [0.3, 0.4) is 0 Å². The van der Waals surface area contributed by atoms with Crippen LogP contribution in [0, 0.1) is 0 Å². The largest absolute Gasteiger partial charge is 0.384 e. The Morgan fingerprint density at radius 1 is 1.21 bits per heavy atom. The fourth-order valence-corrected chi connectivity index (χ4v) is 3.33. The highest BCUT2D eigenvalue weighted by molar-refractivity contribution is 6.30. The number of hydrogen-bond acceptors (Lipinski definition) is 4. The SMILES string of the molecule is O=C(CCCC1=CNCC=N1)NCCC(c1ccc(Cl)cc1)c1ccccn1. The van der Waals surface area contributed by atoms with E-state index in [1.54, 1.807) is 6.20 Å². The Hall–Kier alpha value is -2.66. The molecule has 1 atom stereocenters. The molecule has 1 aliphatic heterocycles. The summed E-state index contributed by atoms with van der Waals surface area (Å²) in [5.41, 5.74) is 3.14. The van der Waals surface area contributed by atoms with Gasteiger partial charge in [-0.3, -0.25) is 14.8 Å². The summed E-state index contributed by atoms with van der Waals surface area (Å²) in [6.07, 6.45) is 8.45. The zero-order valence-corrected chi connectivity index (χ0v) is 16.5. The molecule has 1 aromatic heterocycles. The highest BCUT2D eigenvalue weighted by Gasteiger charge is 2.15. The van der Waals surface area contributed by atoms with Crippen LogP contribution in [0.4, 0.5) is 0 Å². The Bertz CT molecular complexity index is 818. The molecule has 1 aromatic carbocycles. The molecule has 1 amide bonds. The number of aromatic nitrogens is 1. The van der Waals surface area contributed by atoms with E-state index >= 15 is 0 Å². The molecule has 5 nitrogen and oxygen atoms in total. The van der Waals surface area contributed by atoms with Crippen molar-refractivity contribution in [2.24, 2.45) is 4.99 Å². The summed E-state index contributed by atoms with van der Waals surface area (Å²) in [6.45, 7) is 1.38. The van der Waals surface area contributed by atoms with Gasteiger partial charge in [0.25, 0.3) is 0 Å². The van der Waals surface area contributed by atoms with Gasteiger partial charge in [0, 0.05) is 54.8 Å². The number of nitrogens with zero attached hydrogens (tertiary/aromatic N) is 2. The van der Waals surface area contributed by atoms with Gasteiger partial charge in [-0.15, -0.1) is 0 Å². The van der Waals surface area contributed by atoms with Crippen LogP contribution in [0.25, 0.3) is 0 Å². The Morgan fingerprint density at radius 3 is 2.79 bits per heavy atom. The number of allylic oxidation sites excluding steroid dienone is 1. The van der Waals surface area contributed by atoms with Gasteiger partial charge in [-0.25, -0.2) is 0 Å². The van der Waals surface area contributed by atoms with Gasteiger partial charge < -0.3 is 10.6 Å². The molecule has 28 heavy (non-hydrogen) atoms.